The summed E-state index contributed by atoms with van der Waals surface area (Å²) >= 11 is 1.26. The minimum Gasteiger partial charge on any atom is -0.405 e. The summed E-state index contributed by atoms with van der Waals surface area (Å²) in [6.07, 6.45) is 10.7. The van der Waals surface area contributed by atoms with E-state index in [0.29, 0.717) is 22.2 Å². The maximum Gasteiger partial charge on any atom is 0.223 e. The van der Waals surface area contributed by atoms with Crippen LogP contribution in [0.15, 0.2) is 65.1 Å². The topological polar surface area (TPSA) is 128 Å². The summed E-state index contributed by atoms with van der Waals surface area (Å²) in [5, 5.41) is 6.45. The van der Waals surface area contributed by atoms with E-state index in [9.17, 15) is 4.39 Å². The Kier molecular flexibility index (Phi) is 7.91. The third kappa shape index (κ3) is 6.47. The van der Waals surface area contributed by atoms with E-state index in [1.54, 1.807) is 36.4 Å². The lowest BCUT2D eigenvalue weighted by Crippen LogP contribution is -2.42. The van der Waals surface area contributed by atoms with Gasteiger partial charge in [-0.2, -0.15) is 9.97 Å². The summed E-state index contributed by atoms with van der Waals surface area (Å²) in [6.45, 7) is 3.66. The summed E-state index contributed by atoms with van der Waals surface area (Å²) in [4.78, 5) is 9.70. The number of hydrogen-bond acceptors (Lipinski definition) is 8. The lowest BCUT2D eigenvalue weighted by molar-refractivity contribution is 0.403. The van der Waals surface area contributed by atoms with Crippen LogP contribution < -0.4 is 27.8 Å². The zero-order valence-corrected chi connectivity index (χ0v) is 18.0. The Morgan fingerprint density at radius 3 is 2.68 bits per heavy atom. The van der Waals surface area contributed by atoms with Crippen molar-refractivity contribution in [2.45, 2.75) is 42.7 Å². The van der Waals surface area contributed by atoms with Crippen LogP contribution in [0.25, 0.3) is 0 Å². The van der Waals surface area contributed by atoms with Crippen molar-refractivity contribution in [1.82, 2.24) is 9.97 Å². The highest BCUT2D eigenvalue weighted by atomic mass is 32.2. The molecule has 1 aromatic carbocycles. The lowest BCUT2D eigenvalue weighted by atomic mass is 9.91. The van der Waals surface area contributed by atoms with Gasteiger partial charge in [-0.05, 0) is 49.4 Å². The number of rotatable bonds is 8. The Bertz CT molecular complexity index is 976. The second-order valence-electron chi connectivity index (χ2n) is 7.23. The quantitative estimate of drug-likeness (QED) is 0.304. The Morgan fingerprint density at radius 1 is 1.19 bits per heavy atom. The Balaban J connectivity index is 1.73. The van der Waals surface area contributed by atoms with Gasteiger partial charge in [-0.25, -0.2) is 4.39 Å². The van der Waals surface area contributed by atoms with E-state index in [1.807, 2.05) is 0 Å². The molecule has 9 heteroatoms. The summed E-state index contributed by atoms with van der Waals surface area (Å²) in [5.41, 5.74) is 18.1. The average Bonchev–Trinajstić information content (AvgIpc) is 2.72. The van der Waals surface area contributed by atoms with Crippen LogP contribution in [0.4, 0.5) is 27.7 Å². The molecule has 0 spiro atoms. The van der Waals surface area contributed by atoms with Gasteiger partial charge in [0.05, 0.1) is 0 Å². The molecule has 7 nitrogen and oxygen atoms in total. The average molecular weight is 442 g/mol. The molecule has 3 rings (SSSR count). The SMILES string of the molecule is C=C/C=C(\C=C/N)Sc1ccc(Nc2cc(N[C@@H]3CCCC[C@H]3N)nc(N)n2)cc1F. The second kappa shape index (κ2) is 10.8. The standard InChI is InChI=1S/C22H28FN7S/c1-2-5-15(10-11-24)31-19-9-8-14(12-16(19)23)27-20-13-21(30-22(26)29-20)28-18-7-4-3-6-17(18)25/h2,5,8-13,17-18H,1,3-4,6-7,24-25H2,(H4,26,27,28,29,30)/b11-10-,15-5+/t17-,18-/m1/s1. The van der Waals surface area contributed by atoms with Crippen LogP contribution in [-0.4, -0.2) is 22.1 Å². The maximum absolute atomic E-state index is 14.7. The molecule has 31 heavy (non-hydrogen) atoms. The number of hydrogen-bond donors (Lipinski definition) is 5. The molecule has 2 aromatic rings. The van der Waals surface area contributed by atoms with Crippen molar-refractivity contribution in [3.63, 3.8) is 0 Å². The number of nitrogens with one attached hydrogen (secondary N) is 2. The van der Waals surface area contributed by atoms with Gasteiger partial charge < -0.3 is 27.8 Å². The normalized spacial score (nSPS) is 19.4. The first-order valence-electron chi connectivity index (χ1n) is 10.1. The molecule has 164 valence electrons. The van der Waals surface area contributed by atoms with E-state index in [2.05, 4.69) is 27.2 Å². The maximum atomic E-state index is 14.7. The third-order valence-electron chi connectivity index (χ3n) is 4.87. The van der Waals surface area contributed by atoms with Gasteiger partial charge in [0, 0.05) is 33.6 Å². The number of halogens is 1. The van der Waals surface area contributed by atoms with Gasteiger partial charge >= 0.3 is 0 Å². The fourth-order valence-electron chi connectivity index (χ4n) is 3.40. The van der Waals surface area contributed by atoms with Crippen molar-refractivity contribution < 1.29 is 4.39 Å². The molecule has 0 saturated heterocycles. The van der Waals surface area contributed by atoms with Gasteiger partial charge in [-0.1, -0.05) is 37.3 Å². The fourth-order valence-corrected chi connectivity index (χ4v) is 4.26. The summed E-state index contributed by atoms with van der Waals surface area (Å²) in [7, 11) is 0. The number of benzene rings is 1. The van der Waals surface area contributed by atoms with E-state index in [1.165, 1.54) is 24.0 Å². The van der Waals surface area contributed by atoms with Gasteiger partial charge in [0.2, 0.25) is 5.95 Å². The number of allylic oxidation sites excluding steroid dienone is 3. The van der Waals surface area contributed by atoms with Gasteiger partial charge in [-0.15, -0.1) is 0 Å². The van der Waals surface area contributed by atoms with Gasteiger partial charge in [-0.3, -0.25) is 0 Å². The number of thioether (sulfide) groups is 1. The molecule has 1 heterocycles. The molecule has 1 saturated carbocycles. The smallest absolute Gasteiger partial charge is 0.223 e. The van der Waals surface area contributed by atoms with Crippen LogP contribution in [0.2, 0.25) is 0 Å². The number of aromatic nitrogens is 2. The summed E-state index contributed by atoms with van der Waals surface area (Å²) in [6, 6.07) is 6.83. The van der Waals surface area contributed by atoms with Crippen LogP contribution >= 0.6 is 11.8 Å². The Hall–Kier alpha value is -3.04. The highest BCUT2D eigenvalue weighted by molar-refractivity contribution is 8.03. The molecule has 1 fully saturated rings. The van der Waals surface area contributed by atoms with Crippen LogP contribution in [0, 0.1) is 5.82 Å². The first kappa shape index (κ1) is 22.6. The van der Waals surface area contributed by atoms with Gasteiger partial charge in [0.25, 0.3) is 0 Å². The van der Waals surface area contributed by atoms with Crippen molar-refractivity contribution in [2.75, 3.05) is 16.4 Å². The van der Waals surface area contributed by atoms with Crippen molar-refractivity contribution >= 4 is 35.0 Å². The van der Waals surface area contributed by atoms with E-state index >= 15 is 0 Å². The molecule has 8 N–H and O–H groups in total. The largest absolute Gasteiger partial charge is 0.405 e. The molecule has 1 aliphatic rings. The van der Waals surface area contributed by atoms with Crippen molar-refractivity contribution in [3.05, 3.63) is 66.0 Å². The number of nitrogen functional groups attached to an aromatic ring is 1. The number of nitrogens with two attached hydrogens (primary N) is 3. The van der Waals surface area contributed by atoms with Crippen molar-refractivity contribution in [3.8, 4) is 0 Å². The summed E-state index contributed by atoms with van der Waals surface area (Å²) < 4.78 is 14.7. The first-order valence-corrected chi connectivity index (χ1v) is 10.9. The monoisotopic (exact) mass is 441 g/mol. The van der Waals surface area contributed by atoms with E-state index < -0.39 is 0 Å². The number of anilines is 4. The number of nitrogens with zero attached hydrogens (tertiary/aromatic N) is 2. The van der Waals surface area contributed by atoms with E-state index in [-0.39, 0.29) is 23.8 Å². The van der Waals surface area contributed by atoms with Crippen LogP contribution in [0.3, 0.4) is 0 Å². The molecule has 0 radical (unpaired) electrons. The minimum atomic E-state index is -0.371. The minimum absolute atomic E-state index is 0.0784. The molecule has 1 aromatic heterocycles. The van der Waals surface area contributed by atoms with Crippen LogP contribution in [0.5, 0.6) is 0 Å². The molecule has 1 aliphatic carbocycles. The molecule has 2 atom stereocenters. The molecular weight excluding hydrogens is 413 g/mol. The van der Waals surface area contributed by atoms with E-state index in [0.717, 1.165) is 30.6 Å². The lowest BCUT2D eigenvalue weighted by Gasteiger charge is -2.29. The first-order chi connectivity index (χ1) is 15.0. The van der Waals surface area contributed by atoms with Crippen molar-refractivity contribution in [2.24, 2.45) is 11.5 Å². The van der Waals surface area contributed by atoms with E-state index in [4.69, 9.17) is 17.2 Å². The summed E-state index contributed by atoms with van der Waals surface area (Å²) in [5.74, 6) is 0.816. The third-order valence-corrected chi connectivity index (χ3v) is 5.93. The Labute approximate surface area is 186 Å². The Morgan fingerprint density at radius 2 is 1.97 bits per heavy atom. The van der Waals surface area contributed by atoms with Crippen LogP contribution in [-0.2, 0) is 0 Å². The molecule has 0 unspecified atom stereocenters. The van der Waals surface area contributed by atoms with Gasteiger partial charge in [0.15, 0.2) is 0 Å². The van der Waals surface area contributed by atoms with Crippen molar-refractivity contribution in [1.29, 1.82) is 0 Å². The predicted octanol–water partition coefficient (Wildman–Crippen LogP) is 4.26. The zero-order valence-electron chi connectivity index (χ0n) is 17.2. The second-order valence-corrected chi connectivity index (χ2v) is 8.35. The molecule has 0 aliphatic heterocycles. The highest BCUT2D eigenvalue weighted by Crippen LogP contribution is 2.32. The zero-order chi connectivity index (χ0) is 22.2. The molecule has 0 amide bonds. The molecular formula is C22H28FN7S. The molecule has 0 bridgehead atoms. The predicted molar refractivity (Wildman–Crippen MR) is 127 cm³/mol. The fraction of sp³-hybridized carbons (Fsp3) is 0.273. The highest BCUT2D eigenvalue weighted by Gasteiger charge is 2.22. The van der Waals surface area contributed by atoms with Gasteiger partial charge in [0.1, 0.15) is 17.5 Å². The van der Waals surface area contributed by atoms with Crippen LogP contribution in [0.1, 0.15) is 25.7 Å².